The number of para-hydroxylation sites is 2. The van der Waals surface area contributed by atoms with Crippen LogP contribution in [0.4, 0.5) is 10.1 Å². The third kappa shape index (κ3) is 4.13. The summed E-state index contributed by atoms with van der Waals surface area (Å²) < 4.78 is 15.1. The number of rotatable bonds is 5. The second-order valence-corrected chi connectivity index (χ2v) is 6.82. The zero-order valence-corrected chi connectivity index (χ0v) is 16.0. The van der Waals surface area contributed by atoms with Crippen molar-refractivity contribution in [1.29, 1.82) is 5.26 Å². The van der Waals surface area contributed by atoms with Gasteiger partial charge in [-0.2, -0.15) is 5.26 Å². The SMILES string of the molecule is N#C/C(=C\c1cn(CC(=O)Nc2ccccc2)c2ccccc12)c1ccc(F)cc1. The summed E-state index contributed by atoms with van der Waals surface area (Å²) in [6.07, 6.45) is 3.62. The van der Waals surface area contributed by atoms with Gasteiger partial charge >= 0.3 is 0 Å². The maximum absolute atomic E-state index is 13.2. The van der Waals surface area contributed by atoms with E-state index >= 15 is 0 Å². The lowest BCUT2D eigenvalue weighted by Crippen LogP contribution is -2.18. The van der Waals surface area contributed by atoms with Crippen molar-refractivity contribution in [3.8, 4) is 6.07 Å². The molecule has 0 aliphatic heterocycles. The average molecular weight is 395 g/mol. The molecule has 0 radical (unpaired) electrons. The molecule has 146 valence electrons. The number of nitrogens with one attached hydrogen (secondary N) is 1. The third-order valence-corrected chi connectivity index (χ3v) is 4.77. The van der Waals surface area contributed by atoms with E-state index in [0.29, 0.717) is 11.1 Å². The summed E-state index contributed by atoms with van der Waals surface area (Å²) in [5.41, 5.74) is 3.51. The number of benzene rings is 3. The van der Waals surface area contributed by atoms with E-state index in [-0.39, 0.29) is 18.3 Å². The molecule has 0 saturated heterocycles. The number of amides is 1. The van der Waals surface area contributed by atoms with Gasteiger partial charge in [0.2, 0.25) is 5.91 Å². The standard InChI is InChI=1S/C25H18FN3O/c26-21-12-10-18(11-13-21)19(15-27)14-20-16-29(24-9-5-4-8-23(20)24)17-25(30)28-22-6-2-1-3-7-22/h1-14,16H,17H2,(H,28,30)/b19-14+. The fourth-order valence-electron chi connectivity index (χ4n) is 3.36. The molecular formula is C25H18FN3O. The lowest BCUT2D eigenvalue weighted by Gasteiger charge is -2.07. The first-order valence-electron chi connectivity index (χ1n) is 9.44. The molecule has 3 aromatic carbocycles. The molecule has 1 N–H and O–H groups in total. The number of anilines is 1. The Labute approximate surface area is 173 Å². The molecule has 4 rings (SSSR count). The number of carbonyl (C=O) groups excluding carboxylic acids is 1. The normalized spacial score (nSPS) is 11.3. The topological polar surface area (TPSA) is 57.8 Å². The fourth-order valence-corrected chi connectivity index (χ4v) is 3.36. The van der Waals surface area contributed by atoms with Crippen molar-refractivity contribution in [2.24, 2.45) is 0 Å². The summed E-state index contributed by atoms with van der Waals surface area (Å²) in [7, 11) is 0. The van der Waals surface area contributed by atoms with E-state index in [2.05, 4.69) is 11.4 Å². The Balaban J connectivity index is 1.67. The molecule has 0 aliphatic carbocycles. The predicted octanol–water partition coefficient (Wildman–Crippen LogP) is 5.48. The Kier molecular flexibility index (Phi) is 5.40. The fraction of sp³-hybridized carbons (Fsp3) is 0.0400. The Bertz CT molecular complexity index is 1270. The van der Waals surface area contributed by atoms with Crippen LogP contribution in [0.25, 0.3) is 22.6 Å². The first-order valence-corrected chi connectivity index (χ1v) is 9.44. The molecule has 0 atom stereocenters. The number of hydrogen-bond acceptors (Lipinski definition) is 2. The molecule has 5 heteroatoms. The Morgan fingerprint density at radius 1 is 1.00 bits per heavy atom. The van der Waals surface area contributed by atoms with Crippen molar-refractivity contribution in [2.45, 2.75) is 6.54 Å². The molecule has 1 aromatic heterocycles. The van der Waals surface area contributed by atoms with Gasteiger partial charge < -0.3 is 9.88 Å². The molecule has 0 aliphatic rings. The molecule has 4 aromatic rings. The Hall–Kier alpha value is -4.17. The van der Waals surface area contributed by atoms with Crippen LogP contribution < -0.4 is 5.32 Å². The van der Waals surface area contributed by atoms with Crippen LogP contribution in [0.5, 0.6) is 0 Å². The minimum absolute atomic E-state index is 0.141. The summed E-state index contributed by atoms with van der Waals surface area (Å²) >= 11 is 0. The third-order valence-electron chi connectivity index (χ3n) is 4.77. The van der Waals surface area contributed by atoms with E-state index in [4.69, 9.17) is 0 Å². The Morgan fingerprint density at radius 2 is 1.70 bits per heavy atom. The van der Waals surface area contributed by atoms with E-state index in [9.17, 15) is 14.4 Å². The van der Waals surface area contributed by atoms with Gasteiger partial charge in [-0.25, -0.2) is 4.39 Å². The first kappa shape index (κ1) is 19.2. The molecule has 1 heterocycles. The molecule has 0 spiro atoms. The van der Waals surface area contributed by atoms with Crippen LogP contribution in [0.3, 0.4) is 0 Å². The lowest BCUT2D eigenvalue weighted by atomic mass is 10.0. The van der Waals surface area contributed by atoms with Crippen LogP contribution in [-0.2, 0) is 11.3 Å². The van der Waals surface area contributed by atoms with E-state index < -0.39 is 0 Å². The highest BCUT2D eigenvalue weighted by molar-refractivity contribution is 5.99. The van der Waals surface area contributed by atoms with Gasteiger partial charge in [0.05, 0.1) is 11.6 Å². The highest BCUT2D eigenvalue weighted by atomic mass is 19.1. The van der Waals surface area contributed by atoms with E-state index in [1.807, 2.05) is 65.4 Å². The van der Waals surface area contributed by atoms with Crippen molar-refractivity contribution in [1.82, 2.24) is 4.57 Å². The monoisotopic (exact) mass is 395 g/mol. The Morgan fingerprint density at radius 3 is 2.43 bits per heavy atom. The highest BCUT2D eigenvalue weighted by Gasteiger charge is 2.11. The summed E-state index contributed by atoms with van der Waals surface area (Å²) in [6, 6.07) is 25.0. The molecule has 0 saturated carbocycles. The number of allylic oxidation sites excluding steroid dienone is 1. The van der Waals surface area contributed by atoms with E-state index in [1.54, 1.807) is 18.2 Å². The lowest BCUT2D eigenvalue weighted by molar-refractivity contribution is -0.116. The second kappa shape index (κ2) is 8.46. The van der Waals surface area contributed by atoms with Crippen molar-refractivity contribution in [3.05, 3.63) is 102 Å². The maximum atomic E-state index is 13.2. The van der Waals surface area contributed by atoms with E-state index in [1.165, 1.54) is 12.1 Å². The van der Waals surface area contributed by atoms with Crippen molar-refractivity contribution in [3.63, 3.8) is 0 Å². The molecule has 4 nitrogen and oxygen atoms in total. The summed E-state index contributed by atoms with van der Waals surface area (Å²) in [5.74, 6) is -0.492. The smallest absolute Gasteiger partial charge is 0.244 e. The molecule has 0 fully saturated rings. The summed E-state index contributed by atoms with van der Waals surface area (Å²) in [5, 5.41) is 13.4. The zero-order chi connectivity index (χ0) is 20.9. The molecule has 0 bridgehead atoms. The van der Waals surface area contributed by atoms with Crippen LogP contribution in [0.15, 0.2) is 85.1 Å². The van der Waals surface area contributed by atoms with E-state index in [0.717, 1.165) is 22.2 Å². The minimum atomic E-state index is -0.350. The zero-order valence-electron chi connectivity index (χ0n) is 16.0. The molecule has 0 unspecified atom stereocenters. The molecule has 30 heavy (non-hydrogen) atoms. The largest absolute Gasteiger partial charge is 0.337 e. The summed E-state index contributed by atoms with van der Waals surface area (Å²) in [6.45, 7) is 0.141. The summed E-state index contributed by atoms with van der Waals surface area (Å²) in [4.78, 5) is 12.5. The van der Waals surface area contributed by atoms with Gasteiger partial charge in [0.1, 0.15) is 12.4 Å². The maximum Gasteiger partial charge on any atom is 0.244 e. The van der Waals surface area contributed by atoms with Gasteiger partial charge in [-0.15, -0.1) is 0 Å². The quantitative estimate of drug-likeness (QED) is 0.455. The average Bonchev–Trinajstić information content (AvgIpc) is 3.10. The molecule has 1 amide bonds. The van der Waals surface area contributed by atoms with Gasteiger partial charge in [-0.05, 0) is 42.0 Å². The van der Waals surface area contributed by atoms with Gasteiger partial charge in [0, 0.05) is 28.4 Å². The van der Waals surface area contributed by atoms with Crippen molar-refractivity contribution in [2.75, 3.05) is 5.32 Å². The van der Waals surface area contributed by atoms with Gasteiger partial charge in [-0.1, -0.05) is 48.5 Å². The van der Waals surface area contributed by atoms with Crippen LogP contribution in [0, 0.1) is 17.1 Å². The van der Waals surface area contributed by atoms with Crippen molar-refractivity contribution < 1.29 is 9.18 Å². The van der Waals surface area contributed by atoms with Crippen LogP contribution in [0.1, 0.15) is 11.1 Å². The second-order valence-electron chi connectivity index (χ2n) is 6.82. The van der Waals surface area contributed by atoms with Gasteiger partial charge in [0.15, 0.2) is 0 Å². The number of hydrogen-bond donors (Lipinski definition) is 1. The van der Waals surface area contributed by atoms with Crippen molar-refractivity contribution >= 4 is 34.1 Å². The molecular weight excluding hydrogens is 377 g/mol. The van der Waals surface area contributed by atoms with Crippen LogP contribution >= 0.6 is 0 Å². The first-order chi connectivity index (χ1) is 14.6. The van der Waals surface area contributed by atoms with Gasteiger partial charge in [-0.3, -0.25) is 4.79 Å². The number of aromatic nitrogens is 1. The van der Waals surface area contributed by atoms with Gasteiger partial charge in [0.25, 0.3) is 0 Å². The van der Waals surface area contributed by atoms with Crippen LogP contribution in [-0.4, -0.2) is 10.5 Å². The van der Waals surface area contributed by atoms with Crippen LogP contribution in [0.2, 0.25) is 0 Å². The minimum Gasteiger partial charge on any atom is -0.337 e. The highest BCUT2D eigenvalue weighted by Crippen LogP contribution is 2.26. The number of nitriles is 1. The number of halogens is 1. The number of nitrogens with zero attached hydrogens (tertiary/aromatic N) is 2. The number of fused-ring (bicyclic) bond motifs is 1. The predicted molar refractivity (Wildman–Crippen MR) is 117 cm³/mol. The number of carbonyl (C=O) groups is 1.